The molecule has 0 unspecified atom stereocenters. The molecule has 0 saturated carbocycles. The molecule has 1 aliphatic heterocycles. The minimum absolute atomic E-state index is 0.0534. The highest BCUT2D eigenvalue weighted by Gasteiger charge is 2.44. The molecular formula is C18H24ClNO3S. The van der Waals surface area contributed by atoms with Gasteiger partial charge in [-0.05, 0) is 12.5 Å². The van der Waals surface area contributed by atoms with Crippen molar-refractivity contribution in [2.75, 3.05) is 12.4 Å². The monoisotopic (exact) mass is 369 g/mol. The normalized spacial score (nSPS) is 20.5. The number of hydrogen-bond acceptors (Lipinski definition) is 4. The van der Waals surface area contributed by atoms with Crippen LogP contribution in [0.1, 0.15) is 44.6 Å². The average molecular weight is 370 g/mol. The van der Waals surface area contributed by atoms with Gasteiger partial charge in [-0.25, -0.2) is 4.79 Å². The molecule has 1 heterocycles. The Morgan fingerprint density at radius 1 is 1.38 bits per heavy atom. The van der Waals surface area contributed by atoms with Crippen molar-refractivity contribution < 1.29 is 14.3 Å². The molecule has 1 amide bonds. The van der Waals surface area contributed by atoms with E-state index in [4.69, 9.17) is 16.3 Å². The number of nitrogens with zero attached hydrogens (tertiary/aromatic N) is 1. The first-order valence-electron chi connectivity index (χ1n) is 8.32. The molecule has 0 aromatic heterocycles. The lowest BCUT2D eigenvalue weighted by molar-refractivity contribution is -0.155. The summed E-state index contributed by atoms with van der Waals surface area (Å²) in [5.41, 5.74) is 0.863. The zero-order valence-electron chi connectivity index (χ0n) is 14.3. The Balaban J connectivity index is 2.25. The molecule has 4 nitrogen and oxygen atoms in total. The van der Waals surface area contributed by atoms with E-state index in [2.05, 4.69) is 0 Å². The Kier molecular flexibility index (Phi) is 6.99. The number of unbranched alkanes of at least 4 members (excludes halogenated alkanes) is 1. The van der Waals surface area contributed by atoms with Gasteiger partial charge in [0, 0.05) is 22.3 Å². The van der Waals surface area contributed by atoms with Gasteiger partial charge in [0.1, 0.15) is 11.4 Å². The maximum Gasteiger partial charge on any atom is 0.329 e. The van der Waals surface area contributed by atoms with Gasteiger partial charge in [0.2, 0.25) is 5.91 Å². The molecule has 2 rings (SSSR count). The molecule has 1 saturated heterocycles. The average Bonchev–Trinajstić information content (AvgIpc) is 2.99. The Labute approximate surface area is 152 Å². The third-order valence-corrected chi connectivity index (χ3v) is 5.58. The van der Waals surface area contributed by atoms with Gasteiger partial charge >= 0.3 is 5.97 Å². The predicted molar refractivity (Wildman–Crippen MR) is 98.0 cm³/mol. The van der Waals surface area contributed by atoms with E-state index in [1.807, 2.05) is 45.0 Å². The highest BCUT2D eigenvalue weighted by atomic mass is 35.5. The quantitative estimate of drug-likeness (QED) is 0.554. The number of amides is 1. The van der Waals surface area contributed by atoms with E-state index in [9.17, 15) is 9.59 Å². The molecule has 0 radical (unpaired) electrons. The van der Waals surface area contributed by atoms with Crippen LogP contribution < -0.4 is 0 Å². The standard InChI is InChI=1S/C18H24ClNO3S/c1-4-5-10-23-18(22)15-11-24-17(20(15)16(21)12(2)3)13-8-6-7-9-14(13)19/h6-9,12,15,17H,4-5,10-11H2,1-3H3/t15-,17-/m1/s1. The molecule has 1 aromatic carbocycles. The Morgan fingerprint density at radius 3 is 2.71 bits per heavy atom. The van der Waals surface area contributed by atoms with Crippen LogP contribution in [0.5, 0.6) is 0 Å². The van der Waals surface area contributed by atoms with Crippen molar-refractivity contribution in [1.29, 1.82) is 0 Å². The van der Waals surface area contributed by atoms with Crippen molar-refractivity contribution >= 4 is 35.2 Å². The second-order valence-corrected chi connectivity index (χ2v) is 7.66. The first-order valence-corrected chi connectivity index (χ1v) is 9.74. The van der Waals surface area contributed by atoms with Crippen LogP contribution in [-0.4, -0.2) is 35.2 Å². The third kappa shape index (κ3) is 4.25. The lowest BCUT2D eigenvalue weighted by Gasteiger charge is -2.30. The van der Waals surface area contributed by atoms with Crippen molar-refractivity contribution in [3.63, 3.8) is 0 Å². The van der Waals surface area contributed by atoms with Crippen molar-refractivity contribution in [2.45, 2.75) is 45.0 Å². The summed E-state index contributed by atoms with van der Waals surface area (Å²) in [6.45, 7) is 6.13. The Morgan fingerprint density at radius 2 is 2.08 bits per heavy atom. The maximum absolute atomic E-state index is 12.7. The number of carbonyl (C=O) groups excluding carboxylic acids is 2. The van der Waals surface area contributed by atoms with Gasteiger partial charge in [0.15, 0.2) is 0 Å². The number of benzene rings is 1. The van der Waals surface area contributed by atoms with E-state index in [-0.39, 0.29) is 23.2 Å². The van der Waals surface area contributed by atoms with Gasteiger partial charge < -0.3 is 9.64 Å². The summed E-state index contributed by atoms with van der Waals surface area (Å²) in [7, 11) is 0. The first kappa shape index (κ1) is 19.1. The minimum atomic E-state index is -0.553. The summed E-state index contributed by atoms with van der Waals surface area (Å²) in [6.07, 6.45) is 1.79. The largest absolute Gasteiger partial charge is 0.464 e. The Hall–Kier alpha value is -1.20. The highest BCUT2D eigenvalue weighted by Crippen LogP contribution is 2.44. The first-order chi connectivity index (χ1) is 11.5. The summed E-state index contributed by atoms with van der Waals surface area (Å²) < 4.78 is 5.36. The topological polar surface area (TPSA) is 46.6 Å². The lowest BCUT2D eigenvalue weighted by atomic mass is 10.1. The Bertz CT molecular complexity index is 593. The molecule has 6 heteroatoms. The number of ether oxygens (including phenoxy) is 1. The van der Waals surface area contributed by atoms with Crippen LogP contribution in [0.25, 0.3) is 0 Å². The molecular weight excluding hydrogens is 346 g/mol. The fraction of sp³-hybridized carbons (Fsp3) is 0.556. The summed E-state index contributed by atoms with van der Waals surface area (Å²) >= 11 is 7.88. The number of esters is 1. The van der Waals surface area contributed by atoms with Crippen LogP contribution in [0.15, 0.2) is 24.3 Å². The van der Waals surface area contributed by atoms with Crippen LogP contribution >= 0.6 is 23.4 Å². The van der Waals surface area contributed by atoms with E-state index >= 15 is 0 Å². The van der Waals surface area contributed by atoms with Gasteiger partial charge in [0.05, 0.1) is 6.61 Å². The maximum atomic E-state index is 12.7. The van der Waals surface area contributed by atoms with E-state index in [1.165, 1.54) is 0 Å². The predicted octanol–water partition coefficient (Wildman–Crippen LogP) is 4.28. The number of rotatable bonds is 6. The molecule has 1 fully saturated rings. The summed E-state index contributed by atoms with van der Waals surface area (Å²) in [6, 6.07) is 6.92. The van der Waals surface area contributed by atoms with Crippen LogP contribution in [0.4, 0.5) is 0 Å². The number of halogens is 1. The van der Waals surface area contributed by atoms with Gasteiger partial charge in [-0.15, -0.1) is 11.8 Å². The van der Waals surface area contributed by atoms with E-state index < -0.39 is 6.04 Å². The molecule has 1 aliphatic rings. The van der Waals surface area contributed by atoms with Crippen LogP contribution in [0.2, 0.25) is 5.02 Å². The molecule has 24 heavy (non-hydrogen) atoms. The van der Waals surface area contributed by atoms with Crippen molar-refractivity contribution in [1.82, 2.24) is 4.90 Å². The summed E-state index contributed by atoms with van der Waals surface area (Å²) in [5, 5.41) is 0.355. The molecule has 0 N–H and O–H groups in total. The van der Waals surface area contributed by atoms with E-state index in [1.54, 1.807) is 16.7 Å². The van der Waals surface area contributed by atoms with Gasteiger partial charge in [-0.3, -0.25) is 4.79 Å². The molecule has 132 valence electrons. The van der Waals surface area contributed by atoms with Crippen molar-refractivity contribution in [3.05, 3.63) is 34.9 Å². The summed E-state index contributed by atoms with van der Waals surface area (Å²) in [4.78, 5) is 26.9. The van der Waals surface area contributed by atoms with Crippen molar-refractivity contribution in [3.8, 4) is 0 Å². The summed E-state index contributed by atoms with van der Waals surface area (Å²) in [5.74, 6) is -0.0410. The smallest absolute Gasteiger partial charge is 0.329 e. The van der Waals surface area contributed by atoms with Crippen LogP contribution in [-0.2, 0) is 14.3 Å². The van der Waals surface area contributed by atoms with Gasteiger partial charge in [-0.1, -0.05) is 57.0 Å². The molecule has 0 aliphatic carbocycles. The van der Waals surface area contributed by atoms with Crippen molar-refractivity contribution in [2.24, 2.45) is 5.92 Å². The van der Waals surface area contributed by atoms with Gasteiger partial charge in [0.25, 0.3) is 0 Å². The molecule has 2 atom stereocenters. The van der Waals surface area contributed by atoms with Gasteiger partial charge in [-0.2, -0.15) is 0 Å². The second kappa shape index (κ2) is 8.77. The highest BCUT2D eigenvalue weighted by molar-refractivity contribution is 7.99. The number of carbonyl (C=O) groups is 2. The fourth-order valence-corrected chi connectivity index (χ4v) is 4.35. The lowest BCUT2D eigenvalue weighted by Crippen LogP contribution is -2.45. The number of hydrogen-bond donors (Lipinski definition) is 0. The zero-order valence-corrected chi connectivity index (χ0v) is 15.9. The van der Waals surface area contributed by atoms with Crippen LogP contribution in [0.3, 0.4) is 0 Å². The number of thioether (sulfide) groups is 1. The van der Waals surface area contributed by atoms with E-state index in [0.29, 0.717) is 17.4 Å². The fourth-order valence-electron chi connectivity index (χ4n) is 2.58. The minimum Gasteiger partial charge on any atom is -0.464 e. The van der Waals surface area contributed by atoms with Crippen LogP contribution in [0, 0.1) is 5.92 Å². The second-order valence-electron chi connectivity index (χ2n) is 6.14. The molecule has 1 aromatic rings. The zero-order chi connectivity index (χ0) is 17.7. The SMILES string of the molecule is CCCCOC(=O)[C@H]1CS[C@H](c2ccccc2Cl)N1C(=O)C(C)C. The van der Waals surface area contributed by atoms with E-state index in [0.717, 1.165) is 18.4 Å². The molecule has 0 spiro atoms. The molecule has 0 bridgehead atoms. The third-order valence-electron chi connectivity index (χ3n) is 3.93.